The van der Waals surface area contributed by atoms with Gasteiger partial charge < -0.3 is 9.84 Å². The van der Waals surface area contributed by atoms with Gasteiger partial charge >= 0.3 is 0 Å². The molecule has 0 saturated heterocycles. The molecule has 2 aromatic rings. The summed E-state index contributed by atoms with van der Waals surface area (Å²) in [6.07, 6.45) is 1.16. The monoisotopic (exact) mass is 259 g/mol. The standard InChI is InChI=1S/C16H21NO2/c1-11(2)8-12(3)19-16-9-13(10-18)17-15-7-5-4-6-14(15)16/h4-7,9,11-12,18H,8,10H2,1-3H3. The summed E-state index contributed by atoms with van der Waals surface area (Å²) >= 11 is 0. The molecular formula is C16H21NO2. The lowest BCUT2D eigenvalue weighted by molar-refractivity contribution is 0.194. The third-order valence-corrected chi connectivity index (χ3v) is 3.02. The van der Waals surface area contributed by atoms with Crippen LogP contribution in [-0.4, -0.2) is 16.2 Å². The molecule has 0 aliphatic carbocycles. The van der Waals surface area contributed by atoms with Gasteiger partial charge in [-0.2, -0.15) is 0 Å². The number of ether oxygens (including phenoxy) is 1. The number of hydrogen-bond acceptors (Lipinski definition) is 3. The highest BCUT2D eigenvalue weighted by Gasteiger charge is 2.11. The van der Waals surface area contributed by atoms with E-state index >= 15 is 0 Å². The van der Waals surface area contributed by atoms with Gasteiger partial charge in [-0.15, -0.1) is 0 Å². The summed E-state index contributed by atoms with van der Waals surface area (Å²) in [6.45, 7) is 6.38. The highest BCUT2D eigenvalue weighted by atomic mass is 16.5. The van der Waals surface area contributed by atoms with Crippen LogP contribution in [0.5, 0.6) is 5.75 Å². The Morgan fingerprint density at radius 2 is 1.95 bits per heavy atom. The van der Waals surface area contributed by atoms with Gasteiger partial charge in [-0.25, -0.2) is 0 Å². The molecule has 0 spiro atoms. The van der Waals surface area contributed by atoms with Crippen molar-refractivity contribution in [2.75, 3.05) is 0 Å². The van der Waals surface area contributed by atoms with Crippen molar-refractivity contribution in [3.63, 3.8) is 0 Å². The Bertz CT molecular complexity index is 551. The third kappa shape index (κ3) is 3.44. The van der Waals surface area contributed by atoms with Gasteiger partial charge in [-0.1, -0.05) is 26.0 Å². The first-order valence-electron chi connectivity index (χ1n) is 6.76. The van der Waals surface area contributed by atoms with Crippen molar-refractivity contribution < 1.29 is 9.84 Å². The summed E-state index contributed by atoms with van der Waals surface area (Å²) < 4.78 is 6.03. The molecule has 0 aliphatic heterocycles. The number of aliphatic hydroxyl groups is 1. The number of nitrogens with zero attached hydrogens (tertiary/aromatic N) is 1. The van der Waals surface area contributed by atoms with Crippen LogP contribution in [0.15, 0.2) is 30.3 Å². The van der Waals surface area contributed by atoms with E-state index in [1.165, 1.54) is 0 Å². The van der Waals surface area contributed by atoms with Gasteiger partial charge in [0, 0.05) is 11.5 Å². The minimum Gasteiger partial charge on any atom is -0.490 e. The van der Waals surface area contributed by atoms with Crippen molar-refractivity contribution in [3.8, 4) is 5.75 Å². The first kappa shape index (κ1) is 13.8. The molecule has 0 aliphatic rings. The van der Waals surface area contributed by atoms with Crippen molar-refractivity contribution in [1.29, 1.82) is 0 Å². The van der Waals surface area contributed by atoms with Gasteiger partial charge in [0.25, 0.3) is 0 Å². The SMILES string of the molecule is CC(C)CC(C)Oc1cc(CO)nc2ccccc12. The van der Waals surface area contributed by atoms with Gasteiger partial charge in [0.2, 0.25) is 0 Å². The molecular weight excluding hydrogens is 238 g/mol. The number of aliphatic hydroxyl groups excluding tert-OH is 1. The van der Waals surface area contributed by atoms with Crippen LogP contribution in [0.2, 0.25) is 0 Å². The third-order valence-electron chi connectivity index (χ3n) is 3.02. The van der Waals surface area contributed by atoms with Crippen LogP contribution >= 0.6 is 0 Å². The zero-order chi connectivity index (χ0) is 13.8. The lowest BCUT2D eigenvalue weighted by Gasteiger charge is -2.18. The lowest BCUT2D eigenvalue weighted by Crippen LogP contribution is -2.15. The molecule has 1 N–H and O–H groups in total. The quantitative estimate of drug-likeness (QED) is 0.893. The van der Waals surface area contributed by atoms with E-state index in [-0.39, 0.29) is 12.7 Å². The first-order chi connectivity index (χ1) is 9.10. The highest BCUT2D eigenvalue weighted by Crippen LogP contribution is 2.27. The Hall–Kier alpha value is -1.61. The van der Waals surface area contributed by atoms with Gasteiger partial charge in [0.1, 0.15) is 5.75 Å². The van der Waals surface area contributed by atoms with Crippen LogP contribution in [0.4, 0.5) is 0 Å². The fraction of sp³-hybridized carbons (Fsp3) is 0.438. The summed E-state index contributed by atoms with van der Waals surface area (Å²) in [5.41, 5.74) is 1.51. The summed E-state index contributed by atoms with van der Waals surface area (Å²) in [5, 5.41) is 10.3. The van der Waals surface area contributed by atoms with Crippen molar-refractivity contribution >= 4 is 10.9 Å². The second kappa shape index (κ2) is 6.02. The molecule has 3 nitrogen and oxygen atoms in total. The number of aromatic nitrogens is 1. The van der Waals surface area contributed by atoms with Gasteiger partial charge in [-0.05, 0) is 31.4 Å². The maximum Gasteiger partial charge on any atom is 0.131 e. The highest BCUT2D eigenvalue weighted by molar-refractivity contribution is 5.85. The second-order valence-electron chi connectivity index (χ2n) is 5.35. The fourth-order valence-corrected chi connectivity index (χ4v) is 2.30. The Morgan fingerprint density at radius 3 is 2.63 bits per heavy atom. The van der Waals surface area contributed by atoms with E-state index in [0.717, 1.165) is 23.1 Å². The molecule has 0 radical (unpaired) electrons. The topological polar surface area (TPSA) is 42.4 Å². The normalized spacial score (nSPS) is 12.9. The molecule has 3 heteroatoms. The minimum atomic E-state index is -0.0697. The molecule has 1 aromatic carbocycles. The van der Waals surface area contributed by atoms with Crippen molar-refractivity contribution in [2.45, 2.75) is 39.9 Å². The maximum atomic E-state index is 9.28. The average molecular weight is 259 g/mol. The molecule has 0 saturated carbocycles. The van der Waals surface area contributed by atoms with Crippen molar-refractivity contribution in [1.82, 2.24) is 4.98 Å². The number of para-hydroxylation sites is 1. The molecule has 0 amide bonds. The van der Waals surface area contributed by atoms with Gasteiger partial charge in [0.15, 0.2) is 0 Å². The Balaban J connectivity index is 2.35. The number of rotatable bonds is 5. The average Bonchev–Trinajstić information content (AvgIpc) is 2.37. The number of hydrogen-bond donors (Lipinski definition) is 1. The Morgan fingerprint density at radius 1 is 1.21 bits per heavy atom. The number of pyridine rings is 1. The van der Waals surface area contributed by atoms with E-state index in [0.29, 0.717) is 11.6 Å². The van der Waals surface area contributed by atoms with Crippen LogP contribution in [0, 0.1) is 5.92 Å². The van der Waals surface area contributed by atoms with Crippen LogP contribution < -0.4 is 4.74 Å². The zero-order valence-corrected chi connectivity index (χ0v) is 11.8. The van der Waals surface area contributed by atoms with Crippen LogP contribution in [0.25, 0.3) is 10.9 Å². The number of benzene rings is 1. The van der Waals surface area contributed by atoms with Crippen LogP contribution in [-0.2, 0) is 6.61 Å². The van der Waals surface area contributed by atoms with Crippen molar-refractivity contribution in [2.24, 2.45) is 5.92 Å². The summed E-state index contributed by atoms with van der Waals surface area (Å²) in [6, 6.07) is 9.69. The van der Waals surface area contributed by atoms with E-state index in [1.807, 2.05) is 30.3 Å². The fourth-order valence-electron chi connectivity index (χ4n) is 2.30. The van der Waals surface area contributed by atoms with Crippen LogP contribution in [0.1, 0.15) is 32.9 Å². The molecule has 0 bridgehead atoms. The predicted molar refractivity (Wildman–Crippen MR) is 77.2 cm³/mol. The molecule has 0 fully saturated rings. The Labute approximate surface area is 114 Å². The molecule has 1 atom stereocenters. The molecule has 1 aromatic heterocycles. The summed E-state index contributed by atoms with van der Waals surface area (Å²) in [4.78, 5) is 4.39. The van der Waals surface area contributed by atoms with E-state index in [9.17, 15) is 5.11 Å². The van der Waals surface area contributed by atoms with Crippen molar-refractivity contribution in [3.05, 3.63) is 36.0 Å². The van der Waals surface area contributed by atoms with Gasteiger partial charge in [-0.3, -0.25) is 4.98 Å². The molecule has 102 valence electrons. The maximum absolute atomic E-state index is 9.28. The predicted octanol–water partition coefficient (Wildman–Crippen LogP) is 3.54. The molecule has 1 heterocycles. The lowest BCUT2D eigenvalue weighted by atomic mass is 10.1. The van der Waals surface area contributed by atoms with Gasteiger partial charge in [0.05, 0.1) is 23.9 Å². The summed E-state index contributed by atoms with van der Waals surface area (Å²) in [5.74, 6) is 1.41. The molecule has 2 rings (SSSR count). The molecule has 1 unspecified atom stereocenters. The summed E-state index contributed by atoms with van der Waals surface area (Å²) in [7, 11) is 0. The smallest absolute Gasteiger partial charge is 0.131 e. The van der Waals surface area contributed by atoms with Crippen LogP contribution in [0.3, 0.4) is 0 Å². The zero-order valence-electron chi connectivity index (χ0n) is 11.8. The number of fused-ring (bicyclic) bond motifs is 1. The second-order valence-corrected chi connectivity index (χ2v) is 5.35. The molecule has 19 heavy (non-hydrogen) atoms. The van der Waals surface area contributed by atoms with E-state index in [2.05, 4.69) is 25.8 Å². The van der Waals surface area contributed by atoms with E-state index < -0.39 is 0 Å². The minimum absolute atomic E-state index is 0.0697. The van der Waals surface area contributed by atoms with E-state index in [1.54, 1.807) is 0 Å². The Kier molecular flexibility index (Phi) is 4.38. The first-order valence-corrected chi connectivity index (χ1v) is 6.76. The largest absolute Gasteiger partial charge is 0.490 e. The van der Waals surface area contributed by atoms with E-state index in [4.69, 9.17) is 4.74 Å².